The van der Waals surface area contributed by atoms with Crippen molar-refractivity contribution in [3.8, 4) is 5.75 Å². The average Bonchev–Trinajstić information content (AvgIpc) is 2.86. The number of carbonyl (C=O) groups is 1. The van der Waals surface area contributed by atoms with Gasteiger partial charge >= 0.3 is 5.91 Å². The van der Waals surface area contributed by atoms with Crippen LogP contribution in [0.15, 0.2) is 40.8 Å². The third kappa shape index (κ3) is 2.78. The quantitative estimate of drug-likeness (QED) is 0.572. The Bertz CT molecular complexity index is 569. The van der Waals surface area contributed by atoms with Gasteiger partial charge in [0.1, 0.15) is 11.5 Å². The number of hydrogen-bond acceptors (Lipinski definition) is 4. The van der Waals surface area contributed by atoms with Gasteiger partial charge in [0.2, 0.25) is 0 Å². The second-order valence-corrected chi connectivity index (χ2v) is 3.57. The monoisotopic (exact) mass is 245 g/mol. The van der Waals surface area contributed by atoms with E-state index >= 15 is 0 Å². The van der Waals surface area contributed by atoms with Gasteiger partial charge in [-0.3, -0.25) is 10.0 Å². The molecule has 0 bridgehead atoms. The summed E-state index contributed by atoms with van der Waals surface area (Å²) in [6, 6.07) is 9.72. The van der Waals surface area contributed by atoms with Crippen LogP contribution >= 0.6 is 0 Å². The molecule has 1 amide bonds. The van der Waals surface area contributed by atoms with E-state index in [1.54, 1.807) is 42.5 Å². The van der Waals surface area contributed by atoms with Crippen LogP contribution in [0.2, 0.25) is 0 Å². The Kier molecular flexibility index (Phi) is 3.45. The fraction of sp³-hybridized carbons (Fsp3) is 0. The molecule has 2 aromatic rings. The number of aromatic hydroxyl groups is 1. The minimum absolute atomic E-state index is 0.0304. The van der Waals surface area contributed by atoms with E-state index < -0.39 is 5.91 Å². The van der Waals surface area contributed by atoms with E-state index in [-0.39, 0.29) is 11.5 Å². The first-order valence-corrected chi connectivity index (χ1v) is 5.20. The number of hydroxylamine groups is 1. The summed E-state index contributed by atoms with van der Waals surface area (Å²) in [6.45, 7) is 0. The first-order valence-electron chi connectivity index (χ1n) is 5.20. The molecule has 5 nitrogen and oxygen atoms in total. The second-order valence-electron chi connectivity index (χ2n) is 3.57. The predicted molar refractivity (Wildman–Crippen MR) is 65.0 cm³/mol. The van der Waals surface area contributed by atoms with Gasteiger partial charge in [0, 0.05) is 0 Å². The molecule has 18 heavy (non-hydrogen) atoms. The average molecular weight is 245 g/mol. The SMILES string of the molecule is O=C(NO)c1ccc(/C=C/c2ccc(O)cc2)o1. The van der Waals surface area contributed by atoms with Crippen molar-refractivity contribution in [1.29, 1.82) is 0 Å². The van der Waals surface area contributed by atoms with E-state index in [1.165, 1.54) is 11.5 Å². The normalized spacial score (nSPS) is 10.7. The molecule has 0 atom stereocenters. The number of benzene rings is 1. The van der Waals surface area contributed by atoms with Crippen molar-refractivity contribution in [1.82, 2.24) is 5.48 Å². The Balaban J connectivity index is 2.11. The van der Waals surface area contributed by atoms with Crippen molar-refractivity contribution in [2.75, 3.05) is 0 Å². The lowest BCUT2D eigenvalue weighted by molar-refractivity contribution is 0.0675. The van der Waals surface area contributed by atoms with Crippen LogP contribution in [0.3, 0.4) is 0 Å². The van der Waals surface area contributed by atoms with Crippen LogP contribution in [0, 0.1) is 0 Å². The highest BCUT2D eigenvalue weighted by Gasteiger charge is 2.08. The predicted octanol–water partition coefficient (Wildman–Crippen LogP) is 2.27. The van der Waals surface area contributed by atoms with Gasteiger partial charge in [-0.2, -0.15) is 0 Å². The van der Waals surface area contributed by atoms with E-state index in [2.05, 4.69) is 0 Å². The molecule has 0 radical (unpaired) electrons. The number of hydrogen-bond donors (Lipinski definition) is 3. The molecular weight excluding hydrogens is 234 g/mol. The number of amides is 1. The standard InChI is InChI=1S/C13H11NO4/c15-10-4-1-9(2-5-10)3-6-11-7-8-12(18-11)13(16)14-17/h1-8,15,17H,(H,14,16)/b6-3+. The summed E-state index contributed by atoms with van der Waals surface area (Å²) in [7, 11) is 0. The Morgan fingerprint density at radius 2 is 1.83 bits per heavy atom. The largest absolute Gasteiger partial charge is 0.508 e. The summed E-state index contributed by atoms with van der Waals surface area (Å²) in [6.07, 6.45) is 3.46. The molecule has 0 saturated carbocycles. The fourth-order valence-electron chi connectivity index (χ4n) is 1.38. The molecule has 0 saturated heterocycles. The Morgan fingerprint density at radius 3 is 2.50 bits per heavy atom. The molecular formula is C13H11NO4. The number of carbonyl (C=O) groups excluding carboxylic acids is 1. The fourth-order valence-corrected chi connectivity index (χ4v) is 1.38. The molecule has 1 heterocycles. The molecule has 0 spiro atoms. The molecule has 0 aliphatic heterocycles. The van der Waals surface area contributed by atoms with Crippen LogP contribution in [0.1, 0.15) is 21.9 Å². The van der Waals surface area contributed by atoms with Gasteiger partial charge in [-0.15, -0.1) is 0 Å². The zero-order valence-corrected chi connectivity index (χ0v) is 9.33. The van der Waals surface area contributed by atoms with Gasteiger partial charge in [0.05, 0.1) is 0 Å². The molecule has 0 aliphatic rings. The maximum absolute atomic E-state index is 11.0. The Labute approximate surface area is 103 Å². The van der Waals surface area contributed by atoms with Crippen LogP contribution in [0.4, 0.5) is 0 Å². The molecule has 3 N–H and O–H groups in total. The molecule has 2 rings (SSSR count). The minimum atomic E-state index is -0.695. The highest BCUT2D eigenvalue weighted by Crippen LogP contribution is 2.14. The lowest BCUT2D eigenvalue weighted by Gasteiger charge is -1.93. The van der Waals surface area contributed by atoms with Crippen molar-refractivity contribution in [2.24, 2.45) is 0 Å². The van der Waals surface area contributed by atoms with Crippen LogP contribution in [-0.2, 0) is 0 Å². The van der Waals surface area contributed by atoms with Crippen molar-refractivity contribution in [2.45, 2.75) is 0 Å². The van der Waals surface area contributed by atoms with Crippen molar-refractivity contribution in [3.05, 3.63) is 53.5 Å². The number of nitrogens with one attached hydrogen (secondary N) is 1. The molecule has 5 heteroatoms. The summed E-state index contributed by atoms with van der Waals surface area (Å²) in [5.74, 6) is 0.0240. The first-order chi connectivity index (χ1) is 8.69. The van der Waals surface area contributed by atoms with Gasteiger partial charge in [0.15, 0.2) is 5.76 Å². The topological polar surface area (TPSA) is 82.7 Å². The van der Waals surface area contributed by atoms with Crippen molar-refractivity contribution < 1.29 is 19.5 Å². The molecule has 0 aliphatic carbocycles. The zero-order chi connectivity index (χ0) is 13.0. The summed E-state index contributed by atoms with van der Waals surface area (Å²) in [5.41, 5.74) is 2.38. The van der Waals surface area contributed by atoms with Gasteiger partial charge in [-0.1, -0.05) is 18.2 Å². The van der Waals surface area contributed by atoms with Crippen molar-refractivity contribution in [3.63, 3.8) is 0 Å². The van der Waals surface area contributed by atoms with E-state index in [0.717, 1.165) is 5.56 Å². The van der Waals surface area contributed by atoms with E-state index in [9.17, 15) is 4.79 Å². The van der Waals surface area contributed by atoms with E-state index in [4.69, 9.17) is 14.7 Å². The van der Waals surface area contributed by atoms with Gasteiger partial charge in [0.25, 0.3) is 0 Å². The highest BCUT2D eigenvalue weighted by molar-refractivity contribution is 5.90. The second kappa shape index (κ2) is 5.20. The Morgan fingerprint density at radius 1 is 1.11 bits per heavy atom. The van der Waals surface area contributed by atoms with Gasteiger partial charge in [-0.25, -0.2) is 5.48 Å². The lowest BCUT2D eigenvalue weighted by Crippen LogP contribution is -2.17. The van der Waals surface area contributed by atoms with E-state index in [1.807, 2.05) is 0 Å². The van der Waals surface area contributed by atoms with Crippen LogP contribution in [0.5, 0.6) is 5.75 Å². The summed E-state index contributed by atoms with van der Waals surface area (Å²) < 4.78 is 5.17. The molecule has 0 unspecified atom stereocenters. The number of phenols is 1. The van der Waals surface area contributed by atoms with Gasteiger partial charge < -0.3 is 9.52 Å². The molecule has 1 aromatic heterocycles. The van der Waals surface area contributed by atoms with Crippen LogP contribution < -0.4 is 5.48 Å². The lowest BCUT2D eigenvalue weighted by atomic mass is 10.2. The van der Waals surface area contributed by atoms with Crippen molar-refractivity contribution >= 4 is 18.1 Å². The summed E-state index contributed by atoms with van der Waals surface area (Å²) >= 11 is 0. The third-order valence-corrected chi connectivity index (χ3v) is 2.29. The highest BCUT2D eigenvalue weighted by atomic mass is 16.5. The van der Waals surface area contributed by atoms with E-state index in [0.29, 0.717) is 5.76 Å². The molecule has 0 fully saturated rings. The smallest absolute Gasteiger partial charge is 0.310 e. The maximum Gasteiger partial charge on any atom is 0.310 e. The maximum atomic E-state index is 11.0. The van der Waals surface area contributed by atoms with Gasteiger partial charge in [-0.05, 0) is 35.9 Å². The molecule has 92 valence electrons. The third-order valence-electron chi connectivity index (χ3n) is 2.29. The number of phenolic OH excluding ortho intramolecular Hbond substituents is 1. The van der Waals surface area contributed by atoms with Crippen LogP contribution in [-0.4, -0.2) is 16.2 Å². The summed E-state index contributed by atoms with van der Waals surface area (Å²) in [5, 5.41) is 17.6. The van der Waals surface area contributed by atoms with Crippen LogP contribution in [0.25, 0.3) is 12.2 Å². The number of rotatable bonds is 3. The Hall–Kier alpha value is -2.53. The summed E-state index contributed by atoms with van der Waals surface area (Å²) in [4.78, 5) is 11.0. The number of furan rings is 1. The first kappa shape index (κ1) is 11.9. The molecule has 1 aromatic carbocycles. The minimum Gasteiger partial charge on any atom is -0.508 e. The zero-order valence-electron chi connectivity index (χ0n) is 9.33.